The van der Waals surface area contributed by atoms with Crippen LogP contribution in [0.5, 0.6) is 0 Å². The summed E-state index contributed by atoms with van der Waals surface area (Å²) in [6.07, 6.45) is 12.6. The van der Waals surface area contributed by atoms with Gasteiger partial charge in [-0.1, -0.05) is 57.9 Å². The molecule has 0 bridgehead atoms. The van der Waals surface area contributed by atoms with Crippen LogP contribution in [0, 0.1) is 29.1 Å². The second-order valence-corrected chi connectivity index (χ2v) is 12.0. The number of aliphatic hydroxyl groups excluding tert-OH is 2. The molecule has 176 valence electrons. The van der Waals surface area contributed by atoms with Gasteiger partial charge in [0, 0.05) is 6.42 Å². The van der Waals surface area contributed by atoms with E-state index < -0.39 is 17.8 Å². The van der Waals surface area contributed by atoms with Gasteiger partial charge in [0.2, 0.25) is 0 Å². The molecular formula is C28H46O3. The van der Waals surface area contributed by atoms with E-state index in [4.69, 9.17) is 0 Å². The lowest BCUT2D eigenvalue weighted by Gasteiger charge is -2.47. The zero-order valence-corrected chi connectivity index (χ0v) is 20.5. The first kappa shape index (κ1) is 24.7. The first-order valence-corrected chi connectivity index (χ1v) is 12.6. The van der Waals surface area contributed by atoms with Crippen molar-refractivity contribution in [3.8, 4) is 0 Å². The Kier molecular flexibility index (Phi) is 7.61. The number of aliphatic hydroxyl groups is 3. The Morgan fingerprint density at radius 3 is 2.58 bits per heavy atom. The molecule has 3 rings (SSSR count). The molecule has 3 aliphatic carbocycles. The van der Waals surface area contributed by atoms with Gasteiger partial charge in [-0.05, 0) is 92.6 Å². The van der Waals surface area contributed by atoms with Crippen molar-refractivity contribution < 1.29 is 15.3 Å². The Bertz CT molecular complexity index is 712. The van der Waals surface area contributed by atoms with Gasteiger partial charge in [0.05, 0.1) is 17.8 Å². The Labute approximate surface area is 190 Å². The molecule has 0 unspecified atom stereocenters. The lowest BCUT2D eigenvalue weighted by Crippen LogP contribution is -2.38. The van der Waals surface area contributed by atoms with Gasteiger partial charge in [-0.3, -0.25) is 0 Å². The van der Waals surface area contributed by atoms with Gasteiger partial charge in [-0.2, -0.15) is 0 Å². The number of rotatable bonds is 6. The minimum atomic E-state index is -0.621. The zero-order valence-electron chi connectivity index (χ0n) is 20.5. The molecule has 3 heteroatoms. The molecule has 0 aromatic carbocycles. The van der Waals surface area contributed by atoms with E-state index in [-0.39, 0.29) is 0 Å². The molecule has 0 aromatic rings. The maximum atomic E-state index is 10.2. The predicted molar refractivity (Wildman–Crippen MR) is 129 cm³/mol. The summed E-state index contributed by atoms with van der Waals surface area (Å²) in [4.78, 5) is 0. The first-order chi connectivity index (χ1) is 14.4. The number of allylic oxidation sites excluding steroid dienone is 3. The van der Waals surface area contributed by atoms with Crippen molar-refractivity contribution in [1.82, 2.24) is 0 Å². The molecule has 0 spiro atoms. The zero-order chi connectivity index (χ0) is 23.0. The van der Waals surface area contributed by atoms with Crippen LogP contribution in [-0.2, 0) is 0 Å². The second-order valence-electron chi connectivity index (χ2n) is 12.0. The number of fused-ring (bicyclic) bond motifs is 1. The van der Waals surface area contributed by atoms with Crippen LogP contribution >= 0.6 is 0 Å². The third kappa shape index (κ3) is 5.72. The normalized spacial score (nSPS) is 40.4. The van der Waals surface area contributed by atoms with Crippen molar-refractivity contribution >= 4 is 0 Å². The fraction of sp³-hybridized carbons (Fsp3) is 0.786. The summed E-state index contributed by atoms with van der Waals surface area (Å²) in [7, 11) is 0. The van der Waals surface area contributed by atoms with Crippen LogP contribution in [0.1, 0.15) is 92.4 Å². The topological polar surface area (TPSA) is 60.7 Å². The molecule has 0 aromatic heterocycles. The Balaban J connectivity index is 1.75. The van der Waals surface area contributed by atoms with E-state index in [1.165, 1.54) is 25.7 Å². The summed E-state index contributed by atoms with van der Waals surface area (Å²) in [6, 6.07) is 0. The average molecular weight is 431 g/mol. The highest BCUT2D eigenvalue weighted by Crippen LogP contribution is 2.61. The Morgan fingerprint density at radius 1 is 1.19 bits per heavy atom. The molecule has 0 saturated heterocycles. The van der Waals surface area contributed by atoms with Crippen LogP contribution in [0.4, 0.5) is 0 Å². The second kappa shape index (κ2) is 9.53. The maximum absolute atomic E-state index is 10.2. The molecule has 3 fully saturated rings. The Hall–Kier alpha value is -0.900. The Morgan fingerprint density at radius 2 is 1.90 bits per heavy atom. The summed E-state index contributed by atoms with van der Waals surface area (Å²) < 4.78 is 0. The highest BCUT2D eigenvalue weighted by molar-refractivity contribution is 5.38. The summed E-state index contributed by atoms with van der Waals surface area (Å²) >= 11 is 0. The summed E-state index contributed by atoms with van der Waals surface area (Å²) in [5.74, 6) is 2.74. The lowest BCUT2D eigenvalue weighted by molar-refractivity contribution is 0.0541. The monoisotopic (exact) mass is 430 g/mol. The third-order valence-corrected chi connectivity index (χ3v) is 8.63. The van der Waals surface area contributed by atoms with Gasteiger partial charge in [0.1, 0.15) is 0 Å². The van der Waals surface area contributed by atoms with E-state index in [0.717, 1.165) is 36.3 Å². The summed E-state index contributed by atoms with van der Waals surface area (Å²) in [5, 5.41) is 30.3. The maximum Gasteiger partial charge on any atom is 0.0811 e. The number of hydrogen-bond acceptors (Lipinski definition) is 3. The molecular weight excluding hydrogens is 384 g/mol. The fourth-order valence-electron chi connectivity index (χ4n) is 7.18. The molecule has 3 aliphatic rings. The van der Waals surface area contributed by atoms with Crippen molar-refractivity contribution in [3.63, 3.8) is 0 Å². The van der Waals surface area contributed by atoms with Crippen LogP contribution < -0.4 is 0 Å². The predicted octanol–water partition coefficient (Wildman–Crippen LogP) is 5.95. The molecule has 7 atom stereocenters. The minimum absolute atomic E-state index is 0.346. The molecule has 0 heterocycles. The van der Waals surface area contributed by atoms with Crippen molar-refractivity contribution in [1.29, 1.82) is 0 Å². The average Bonchev–Trinajstić information content (AvgIpc) is 2.98. The highest BCUT2D eigenvalue weighted by Gasteiger charge is 2.51. The third-order valence-electron chi connectivity index (χ3n) is 8.63. The summed E-state index contributed by atoms with van der Waals surface area (Å²) in [6.45, 7) is 15.3. The molecule has 0 aliphatic heterocycles. The van der Waals surface area contributed by atoms with Gasteiger partial charge < -0.3 is 15.3 Å². The van der Waals surface area contributed by atoms with E-state index >= 15 is 0 Å². The first-order valence-electron chi connectivity index (χ1n) is 12.6. The van der Waals surface area contributed by atoms with E-state index in [0.29, 0.717) is 36.0 Å². The smallest absolute Gasteiger partial charge is 0.0811 e. The molecule has 3 N–H and O–H groups in total. The molecule has 3 nitrogen and oxygen atoms in total. The largest absolute Gasteiger partial charge is 0.393 e. The van der Waals surface area contributed by atoms with Crippen molar-refractivity contribution in [2.24, 2.45) is 29.1 Å². The molecule has 31 heavy (non-hydrogen) atoms. The fourth-order valence-corrected chi connectivity index (χ4v) is 7.18. The van der Waals surface area contributed by atoms with Crippen LogP contribution in [0.2, 0.25) is 0 Å². The minimum Gasteiger partial charge on any atom is -0.393 e. The van der Waals surface area contributed by atoms with Crippen molar-refractivity contribution in [3.05, 3.63) is 35.5 Å². The van der Waals surface area contributed by atoms with Crippen molar-refractivity contribution in [2.75, 3.05) is 0 Å². The van der Waals surface area contributed by atoms with Crippen molar-refractivity contribution in [2.45, 2.75) is 110 Å². The SMILES string of the molecule is C=C1/C(=C\C=C2/C[C@@H](C)C[C@]3(C)[C@@H]([C@H](C)CCCC(C)(C)O)CC[C@@H]23)C[C@@H](O)C[C@@H]1O. The van der Waals surface area contributed by atoms with Crippen LogP contribution in [-0.4, -0.2) is 33.1 Å². The van der Waals surface area contributed by atoms with Gasteiger partial charge in [-0.15, -0.1) is 0 Å². The standard InChI is InChI=1S/C28H46O3/c1-18-14-22(10-9-21-15-23(29)16-26(30)20(21)3)25-12-11-24(28(25,6)17-18)19(2)8-7-13-27(4,5)31/h9-10,18-19,23-26,29-31H,3,7-8,11-17H2,1-2,4-6H3/b21-9-,22-10+/t18-,19-,23-,24-,25+,26+,28-/m1/s1. The quantitative estimate of drug-likeness (QED) is 0.488. The van der Waals surface area contributed by atoms with Crippen LogP contribution in [0.15, 0.2) is 35.5 Å². The van der Waals surface area contributed by atoms with E-state index in [1.807, 2.05) is 13.8 Å². The summed E-state index contributed by atoms with van der Waals surface area (Å²) in [5.41, 5.74) is 3.13. The van der Waals surface area contributed by atoms with Crippen LogP contribution in [0.25, 0.3) is 0 Å². The van der Waals surface area contributed by atoms with E-state index in [1.54, 1.807) is 5.57 Å². The molecule has 0 radical (unpaired) electrons. The van der Waals surface area contributed by atoms with Gasteiger partial charge in [0.25, 0.3) is 0 Å². The lowest BCUT2D eigenvalue weighted by atomic mass is 9.58. The molecule has 3 saturated carbocycles. The van der Waals surface area contributed by atoms with Gasteiger partial charge in [-0.25, -0.2) is 0 Å². The molecule has 0 amide bonds. The number of hydrogen-bond donors (Lipinski definition) is 3. The van der Waals surface area contributed by atoms with Gasteiger partial charge in [0.15, 0.2) is 0 Å². The van der Waals surface area contributed by atoms with E-state index in [2.05, 4.69) is 39.5 Å². The van der Waals surface area contributed by atoms with Gasteiger partial charge >= 0.3 is 0 Å². The van der Waals surface area contributed by atoms with Crippen LogP contribution in [0.3, 0.4) is 0 Å². The highest BCUT2D eigenvalue weighted by atomic mass is 16.3. The van der Waals surface area contributed by atoms with E-state index in [9.17, 15) is 15.3 Å².